The molecule has 1 saturated carbocycles. The van der Waals surface area contributed by atoms with Gasteiger partial charge in [-0.05, 0) is 43.7 Å². The Morgan fingerprint density at radius 3 is 2.62 bits per heavy atom. The molecule has 0 heterocycles. The molecule has 3 N–H and O–H groups in total. The van der Waals surface area contributed by atoms with E-state index in [2.05, 4.69) is 6.92 Å². The summed E-state index contributed by atoms with van der Waals surface area (Å²) >= 11 is 5.78. The molecule has 0 spiro atoms. The van der Waals surface area contributed by atoms with Gasteiger partial charge in [0.1, 0.15) is 5.82 Å². The van der Waals surface area contributed by atoms with E-state index >= 15 is 0 Å². The quantitative estimate of drug-likeness (QED) is 0.843. The molecular weight excluding hydrogens is 289 g/mol. The summed E-state index contributed by atoms with van der Waals surface area (Å²) in [6.07, 6.45) is 5.41. The number of halogens is 2. The van der Waals surface area contributed by atoms with Crippen LogP contribution in [-0.2, 0) is 0 Å². The van der Waals surface area contributed by atoms with Crippen molar-refractivity contribution in [2.24, 2.45) is 17.1 Å². The second kappa shape index (κ2) is 7.08. The van der Waals surface area contributed by atoms with Gasteiger partial charge >= 0.3 is 0 Å². The Hall–Kier alpha value is -0.640. The van der Waals surface area contributed by atoms with Crippen LogP contribution in [0.25, 0.3) is 0 Å². The van der Waals surface area contributed by atoms with Crippen LogP contribution in [0, 0.1) is 17.2 Å². The van der Waals surface area contributed by atoms with Gasteiger partial charge in [-0.1, -0.05) is 37.4 Å². The first kappa shape index (κ1) is 16.7. The standard InChI is InChI=1S/C17H25ClFNO/c1-2-3-12-6-8-17(11-20,9-7-12)16(21)14-5-4-13(18)10-15(14)19/h4-5,10,12,16,21H,2-3,6-9,11,20H2,1H3. The number of aliphatic hydroxyl groups is 1. The fourth-order valence-electron chi connectivity index (χ4n) is 3.59. The second-order valence-corrected chi connectivity index (χ2v) is 6.80. The zero-order chi connectivity index (χ0) is 15.5. The predicted molar refractivity (Wildman–Crippen MR) is 84.7 cm³/mol. The van der Waals surface area contributed by atoms with E-state index in [0.29, 0.717) is 17.1 Å². The van der Waals surface area contributed by atoms with E-state index in [1.807, 2.05) is 0 Å². The van der Waals surface area contributed by atoms with Crippen LogP contribution in [0.3, 0.4) is 0 Å². The zero-order valence-electron chi connectivity index (χ0n) is 12.6. The molecule has 1 aliphatic rings. The summed E-state index contributed by atoms with van der Waals surface area (Å²) < 4.78 is 14.1. The third kappa shape index (κ3) is 3.58. The van der Waals surface area contributed by atoms with Crippen molar-refractivity contribution in [3.05, 3.63) is 34.6 Å². The SMILES string of the molecule is CCCC1CCC(CN)(C(O)c2ccc(Cl)cc2F)CC1. The van der Waals surface area contributed by atoms with Crippen LogP contribution in [0.4, 0.5) is 4.39 Å². The summed E-state index contributed by atoms with van der Waals surface area (Å²) in [5, 5.41) is 11.1. The number of hydrogen-bond acceptors (Lipinski definition) is 2. The molecule has 1 aliphatic carbocycles. The number of benzene rings is 1. The fraction of sp³-hybridized carbons (Fsp3) is 0.647. The van der Waals surface area contributed by atoms with E-state index in [1.54, 1.807) is 12.1 Å². The summed E-state index contributed by atoms with van der Waals surface area (Å²) in [6.45, 7) is 2.58. The number of aliphatic hydroxyl groups excluding tert-OH is 1. The molecule has 1 atom stereocenters. The van der Waals surface area contributed by atoms with Crippen molar-refractivity contribution in [1.82, 2.24) is 0 Å². The van der Waals surface area contributed by atoms with Crippen molar-refractivity contribution < 1.29 is 9.50 Å². The summed E-state index contributed by atoms with van der Waals surface area (Å²) in [7, 11) is 0. The third-order valence-electron chi connectivity index (χ3n) is 5.04. The van der Waals surface area contributed by atoms with Crippen molar-refractivity contribution in [3.63, 3.8) is 0 Å². The Balaban J connectivity index is 2.17. The van der Waals surface area contributed by atoms with E-state index in [1.165, 1.54) is 18.9 Å². The average Bonchev–Trinajstić information content (AvgIpc) is 2.48. The van der Waals surface area contributed by atoms with Gasteiger partial charge in [0.05, 0.1) is 6.10 Å². The first-order valence-corrected chi connectivity index (χ1v) is 8.23. The van der Waals surface area contributed by atoms with Crippen LogP contribution < -0.4 is 5.73 Å². The molecule has 118 valence electrons. The normalized spacial score (nSPS) is 27.6. The van der Waals surface area contributed by atoms with Crippen LogP contribution in [0.1, 0.15) is 57.1 Å². The molecule has 1 aromatic carbocycles. The lowest BCUT2D eigenvalue weighted by atomic mass is 9.65. The molecule has 2 rings (SSSR count). The molecular formula is C17H25ClFNO. The van der Waals surface area contributed by atoms with Gasteiger partial charge in [-0.2, -0.15) is 0 Å². The van der Waals surface area contributed by atoms with Crippen molar-refractivity contribution in [2.45, 2.75) is 51.6 Å². The summed E-state index contributed by atoms with van der Waals surface area (Å²) in [6, 6.07) is 4.46. The van der Waals surface area contributed by atoms with Crippen molar-refractivity contribution >= 4 is 11.6 Å². The highest BCUT2D eigenvalue weighted by atomic mass is 35.5. The fourth-order valence-corrected chi connectivity index (χ4v) is 3.75. The lowest BCUT2D eigenvalue weighted by Crippen LogP contribution is -2.40. The van der Waals surface area contributed by atoms with Crippen LogP contribution in [0.2, 0.25) is 5.02 Å². The highest BCUT2D eigenvalue weighted by Crippen LogP contribution is 2.48. The molecule has 0 saturated heterocycles. The number of rotatable bonds is 5. The third-order valence-corrected chi connectivity index (χ3v) is 5.28. The van der Waals surface area contributed by atoms with Crippen molar-refractivity contribution in [1.29, 1.82) is 0 Å². The van der Waals surface area contributed by atoms with Gasteiger partial charge < -0.3 is 10.8 Å². The van der Waals surface area contributed by atoms with Gasteiger partial charge in [0, 0.05) is 22.5 Å². The van der Waals surface area contributed by atoms with Crippen LogP contribution >= 0.6 is 11.6 Å². The van der Waals surface area contributed by atoms with Crippen LogP contribution in [-0.4, -0.2) is 11.7 Å². The van der Waals surface area contributed by atoms with E-state index in [9.17, 15) is 9.50 Å². The van der Waals surface area contributed by atoms with Gasteiger partial charge in [-0.25, -0.2) is 4.39 Å². The van der Waals surface area contributed by atoms with Gasteiger partial charge in [0.25, 0.3) is 0 Å². The van der Waals surface area contributed by atoms with E-state index in [4.69, 9.17) is 17.3 Å². The summed E-state index contributed by atoms with van der Waals surface area (Å²) in [5.74, 6) is 0.274. The molecule has 2 nitrogen and oxygen atoms in total. The maximum atomic E-state index is 14.1. The first-order chi connectivity index (χ1) is 10.0. The molecule has 1 fully saturated rings. The van der Waals surface area contributed by atoms with Gasteiger partial charge in [0.2, 0.25) is 0 Å². The monoisotopic (exact) mass is 313 g/mol. The lowest BCUT2D eigenvalue weighted by molar-refractivity contribution is -0.0128. The first-order valence-electron chi connectivity index (χ1n) is 7.85. The van der Waals surface area contributed by atoms with E-state index < -0.39 is 17.3 Å². The molecule has 0 radical (unpaired) electrons. The Bertz CT molecular complexity index is 472. The lowest BCUT2D eigenvalue weighted by Gasteiger charge is -2.43. The minimum atomic E-state index is -0.859. The summed E-state index contributed by atoms with van der Waals surface area (Å²) in [4.78, 5) is 0. The van der Waals surface area contributed by atoms with Crippen LogP contribution in [0.15, 0.2) is 18.2 Å². The summed E-state index contributed by atoms with van der Waals surface area (Å²) in [5.41, 5.74) is 5.88. The zero-order valence-corrected chi connectivity index (χ0v) is 13.4. The van der Waals surface area contributed by atoms with Crippen molar-refractivity contribution in [2.75, 3.05) is 6.54 Å². The molecule has 0 aliphatic heterocycles. The molecule has 4 heteroatoms. The Morgan fingerprint density at radius 2 is 2.10 bits per heavy atom. The molecule has 1 aromatic rings. The molecule has 0 bridgehead atoms. The molecule has 1 unspecified atom stereocenters. The second-order valence-electron chi connectivity index (χ2n) is 6.37. The van der Waals surface area contributed by atoms with E-state index in [-0.39, 0.29) is 0 Å². The highest BCUT2D eigenvalue weighted by molar-refractivity contribution is 6.30. The Morgan fingerprint density at radius 1 is 1.43 bits per heavy atom. The maximum absolute atomic E-state index is 14.1. The minimum Gasteiger partial charge on any atom is -0.388 e. The largest absolute Gasteiger partial charge is 0.388 e. The number of hydrogen-bond donors (Lipinski definition) is 2. The van der Waals surface area contributed by atoms with E-state index in [0.717, 1.165) is 31.6 Å². The Kier molecular flexibility index (Phi) is 5.64. The predicted octanol–water partition coefficient (Wildman–Crippen LogP) is 4.45. The molecule has 21 heavy (non-hydrogen) atoms. The maximum Gasteiger partial charge on any atom is 0.130 e. The molecule has 0 aromatic heterocycles. The highest BCUT2D eigenvalue weighted by Gasteiger charge is 2.41. The van der Waals surface area contributed by atoms with Gasteiger partial charge in [-0.15, -0.1) is 0 Å². The minimum absolute atomic E-state index is 0.318. The average molecular weight is 314 g/mol. The Labute approximate surface area is 131 Å². The van der Waals surface area contributed by atoms with Gasteiger partial charge in [-0.3, -0.25) is 0 Å². The smallest absolute Gasteiger partial charge is 0.130 e. The van der Waals surface area contributed by atoms with Crippen LogP contribution in [0.5, 0.6) is 0 Å². The topological polar surface area (TPSA) is 46.2 Å². The number of nitrogens with two attached hydrogens (primary N) is 1. The van der Waals surface area contributed by atoms with Crippen molar-refractivity contribution in [3.8, 4) is 0 Å². The molecule has 0 amide bonds. The van der Waals surface area contributed by atoms with Gasteiger partial charge in [0.15, 0.2) is 0 Å².